The van der Waals surface area contributed by atoms with Gasteiger partial charge >= 0.3 is 0 Å². The molecule has 0 saturated heterocycles. The molecule has 0 atom stereocenters. The first-order valence-electron chi connectivity index (χ1n) is 6.84. The van der Waals surface area contributed by atoms with Crippen LogP contribution in [0.3, 0.4) is 0 Å². The Morgan fingerprint density at radius 1 is 1.36 bits per heavy atom. The molecular weight excluding hydrogens is 300 g/mol. The van der Waals surface area contributed by atoms with E-state index < -0.39 is 0 Å². The Hall–Kier alpha value is -2.34. The van der Waals surface area contributed by atoms with Crippen LogP contribution in [-0.4, -0.2) is 31.7 Å². The summed E-state index contributed by atoms with van der Waals surface area (Å²) in [6.07, 6.45) is 5.37. The highest BCUT2D eigenvalue weighted by atomic mass is 32.1. The summed E-state index contributed by atoms with van der Waals surface area (Å²) in [5.74, 6) is 1.28. The highest BCUT2D eigenvalue weighted by Crippen LogP contribution is 2.29. The molecule has 2 aromatic rings. The molecule has 0 aliphatic heterocycles. The number of carbonyl (C=O) groups is 1. The lowest BCUT2D eigenvalue weighted by Crippen LogP contribution is -2.16. The van der Waals surface area contributed by atoms with Gasteiger partial charge in [-0.25, -0.2) is 4.98 Å². The van der Waals surface area contributed by atoms with Crippen LogP contribution in [0.5, 0.6) is 11.5 Å². The Kier molecular flexibility index (Phi) is 5.55. The minimum absolute atomic E-state index is 0.125. The van der Waals surface area contributed by atoms with Crippen LogP contribution >= 0.6 is 11.3 Å². The van der Waals surface area contributed by atoms with Gasteiger partial charge in [0.2, 0.25) is 0 Å². The number of benzene rings is 1. The second kappa shape index (κ2) is 7.61. The molecule has 2 rings (SSSR count). The predicted molar refractivity (Wildman–Crippen MR) is 88.6 cm³/mol. The van der Waals surface area contributed by atoms with E-state index in [4.69, 9.17) is 9.47 Å². The maximum atomic E-state index is 11.5. The topological polar surface area (TPSA) is 60.5 Å². The Bertz CT molecular complexity index is 680. The van der Waals surface area contributed by atoms with Crippen molar-refractivity contribution in [2.45, 2.75) is 6.92 Å². The van der Waals surface area contributed by atoms with Gasteiger partial charge in [-0.3, -0.25) is 4.79 Å². The van der Waals surface area contributed by atoms with Crippen LogP contribution in [0.2, 0.25) is 0 Å². The molecule has 0 radical (unpaired) electrons. The molecule has 1 heterocycles. The molecule has 1 N–H and O–H groups in total. The monoisotopic (exact) mass is 318 g/mol. The number of amides is 1. The van der Waals surface area contributed by atoms with E-state index in [0.717, 1.165) is 10.6 Å². The summed E-state index contributed by atoms with van der Waals surface area (Å²) in [6.45, 7) is 2.50. The SMILES string of the molecule is CCOc1cc(/C=C/c2ncc(C(=O)NC)s2)ccc1OC. The Balaban J connectivity index is 2.17. The van der Waals surface area contributed by atoms with E-state index in [9.17, 15) is 4.79 Å². The molecule has 0 aliphatic carbocycles. The number of rotatable bonds is 6. The first kappa shape index (κ1) is 16.0. The fourth-order valence-electron chi connectivity index (χ4n) is 1.83. The van der Waals surface area contributed by atoms with Gasteiger partial charge in [0.25, 0.3) is 5.91 Å². The number of thiazole rings is 1. The van der Waals surface area contributed by atoms with Gasteiger partial charge in [0.05, 0.1) is 19.9 Å². The van der Waals surface area contributed by atoms with Crippen molar-refractivity contribution < 1.29 is 14.3 Å². The fourth-order valence-corrected chi connectivity index (χ4v) is 2.59. The predicted octanol–water partition coefficient (Wildman–Crippen LogP) is 3.08. The van der Waals surface area contributed by atoms with E-state index in [1.165, 1.54) is 11.3 Å². The molecular formula is C16H18N2O3S. The number of hydrogen-bond donors (Lipinski definition) is 1. The number of aromatic nitrogens is 1. The minimum Gasteiger partial charge on any atom is -0.493 e. The van der Waals surface area contributed by atoms with Gasteiger partial charge < -0.3 is 14.8 Å². The highest BCUT2D eigenvalue weighted by molar-refractivity contribution is 7.14. The first-order chi connectivity index (χ1) is 10.7. The summed E-state index contributed by atoms with van der Waals surface area (Å²) >= 11 is 1.34. The van der Waals surface area contributed by atoms with Crippen molar-refractivity contribution in [2.24, 2.45) is 0 Å². The molecule has 0 bridgehead atoms. The highest BCUT2D eigenvalue weighted by Gasteiger charge is 2.07. The molecule has 1 amide bonds. The number of nitrogens with one attached hydrogen (secondary N) is 1. The summed E-state index contributed by atoms with van der Waals surface area (Å²) < 4.78 is 10.8. The molecule has 6 heteroatoms. The Labute approximate surface area is 133 Å². The second-order valence-electron chi connectivity index (χ2n) is 4.32. The van der Waals surface area contributed by atoms with E-state index in [-0.39, 0.29) is 5.91 Å². The quantitative estimate of drug-likeness (QED) is 0.889. The van der Waals surface area contributed by atoms with Gasteiger partial charge in [0.1, 0.15) is 9.88 Å². The number of ether oxygens (including phenoxy) is 2. The van der Waals surface area contributed by atoms with Gasteiger partial charge in [-0.2, -0.15) is 0 Å². The lowest BCUT2D eigenvalue weighted by Gasteiger charge is -2.09. The van der Waals surface area contributed by atoms with Crippen LogP contribution in [0.25, 0.3) is 12.2 Å². The number of nitrogens with zero attached hydrogens (tertiary/aromatic N) is 1. The summed E-state index contributed by atoms with van der Waals surface area (Å²) in [7, 11) is 3.22. The number of hydrogen-bond acceptors (Lipinski definition) is 5. The van der Waals surface area contributed by atoms with E-state index in [0.29, 0.717) is 23.0 Å². The van der Waals surface area contributed by atoms with Gasteiger partial charge in [-0.05, 0) is 30.7 Å². The molecule has 0 aliphatic rings. The van der Waals surface area contributed by atoms with Crippen molar-refractivity contribution in [1.82, 2.24) is 10.3 Å². The maximum Gasteiger partial charge on any atom is 0.262 e. The first-order valence-corrected chi connectivity index (χ1v) is 7.66. The molecule has 0 saturated carbocycles. The maximum absolute atomic E-state index is 11.5. The molecule has 0 spiro atoms. The lowest BCUT2D eigenvalue weighted by atomic mass is 10.2. The molecule has 0 fully saturated rings. The number of methoxy groups -OCH3 is 1. The second-order valence-corrected chi connectivity index (χ2v) is 5.38. The Morgan fingerprint density at radius 2 is 2.18 bits per heavy atom. The van der Waals surface area contributed by atoms with E-state index in [1.807, 2.05) is 37.3 Å². The van der Waals surface area contributed by atoms with Crippen LogP contribution in [0.15, 0.2) is 24.4 Å². The van der Waals surface area contributed by atoms with Crippen molar-refractivity contribution >= 4 is 29.4 Å². The van der Waals surface area contributed by atoms with Gasteiger partial charge in [-0.15, -0.1) is 11.3 Å². The Morgan fingerprint density at radius 3 is 2.86 bits per heavy atom. The standard InChI is InChI=1S/C16H18N2O3S/c1-4-21-13-9-11(5-7-12(13)20-3)6-8-15-18-10-14(22-15)16(19)17-2/h5-10H,4H2,1-3H3,(H,17,19)/b8-6+. The zero-order valence-corrected chi connectivity index (χ0v) is 13.6. The van der Waals surface area contributed by atoms with Crippen molar-refractivity contribution in [2.75, 3.05) is 20.8 Å². The zero-order valence-electron chi connectivity index (χ0n) is 12.8. The molecule has 116 valence electrons. The average Bonchev–Trinajstić information content (AvgIpc) is 3.01. The number of carbonyl (C=O) groups excluding carboxylic acids is 1. The van der Waals surface area contributed by atoms with Gasteiger partial charge in [-0.1, -0.05) is 12.1 Å². The van der Waals surface area contributed by atoms with Crippen molar-refractivity contribution in [3.8, 4) is 11.5 Å². The summed E-state index contributed by atoms with van der Waals surface area (Å²) in [6, 6.07) is 5.71. The third-order valence-electron chi connectivity index (χ3n) is 2.88. The average molecular weight is 318 g/mol. The zero-order chi connectivity index (χ0) is 15.9. The van der Waals surface area contributed by atoms with E-state index in [2.05, 4.69) is 10.3 Å². The summed E-state index contributed by atoms with van der Waals surface area (Å²) in [5.41, 5.74) is 0.973. The normalized spacial score (nSPS) is 10.7. The van der Waals surface area contributed by atoms with Crippen molar-refractivity contribution in [3.63, 3.8) is 0 Å². The summed E-state index contributed by atoms with van der Waals surface area (Å²) in [5, 5.41) is 3.35. The van der Waals surface area contributed by atoms with Crippen LogP contribution in [-0.2, 0) is 0 Å². The largest absolute Gasteiger partial charge is 0.493 e. The lowest BCUT2D eigenvalue weighted by molar-refractivity contribution is 0.0967. The van der Waals surface area contributed by atoms with E-state index in [1.54, 1.807) is 20.4 Å². The molecule has 1 aromatic carbocycles. The minimum atomic E-state index is -0.125. The molecule has 0 unspecified atom stereocenters. The smallest absolute Gasteiger partial charge is 0.262 e. The van der Waals surface area contributed by atoms with Gasteiger partial charge in [0, 0.05) is 7.05 Å². The van der Waals surface area contributed by atoms with Crippen LogP contribution in [0.1, 0.15) is 27.2 Å². The molecule has 1 aromatic heterocycles. The molecule has 22 heavy (non-hydrogen) atoms. The third-order valence-corrected chi connectivity index (χ3v) is 3.84. The van der Waals surface area contributed by atoms with E-state index >= 15 is 0 Å². The van der Waals surface area contributed by atoms with Crippen LogP contribution < -0.4 is 14.8 Å². The summed E-state index contributed by atoms with van der Waals surface area (Å²) in [4.78, 5) is 16.3. The fraction of sp³-hybridized carbons (Fsp3) is 0.250. The van der Waals surface area contributed by atoms with Gasteiger partial charge in [0.15, 0.2) is 11.5 Å². The third kappa shape index (κ3) is 3.85. The van der Waals surface area contributed by atoms with Crippen molar-refractivity contribution in [3.05, 3.63) is 39.8 Å². The van der Waals surface area contributed by atoms with Crippen molar-refractivity contribution in [1.29, 1.82) is 0 Å². The molecule has 5 nitrogen and oxygen atoms in total. The van der Waals surface area contributed by atoms with Crippen LogP contribution in [0, 0.1) is 0 Å². The van der Waals surface area contributed by atoms with Crippen LogP contribution in [0.4, 0.5) is 0 Å².